The van der Waals surface area contributed by atoms with Crippen LogP contribution in [0.3, 0.4) is 0 Å². The van der Waals surface area contributed by atoms with Crippen LogP contribution in [0.1, 0.15) is 58.6 Å². The molecular weight excluding hydrogens is 460 g/mol. The molecule has 36 heavy (non-hydrogen) atoms. The van der Waals surface area contributed by atoms with Gasteiger partial charge in [0.1, 0.15) is 24.6 Å². The van der Waals surface area contributed by atoms with Crippen LogP contribution in [-0.4, -0.2) is 40.4 Å². The predicted molar refractivity (Wildman–Crippen MR) is 134 cm³/mol. The average molecular weight is 491 g/mol. The number of hydrogen-bond donors (Lipinski definition) is 1. The average Bonchev–Trinajstić information content (AvgIpc) is 3.47. The second kappa shape index (κ2) is 9.64. The maximum atomic E-state index is 13.0. The van der Waals surface area contributed by atoms with Gasteiger partial charge in [-0.05, 0) is 62.1 Å². The Morgan fingerprint density at radius 1 is 1.08 bits per heavy atom. The van der Waals surface area contributed by atoms with Gasteiger partial charge in [0.2, 0.25) is 0 Å². The molecule has 1 fully saturated rings. The van der Waals surface area contributed by atoms with E-state index in [0.717, 1.165) is 42.7 Å². The van der Waals surface area contributed by atoms with Crippen molar-refractivity contribution in [2.45, 2.75) is 51.5 Å². The number of ether oxygens (including phenoxy) is 2. The molecule has 9 heteroatoms. The van der Waals surface area contributed by atoms with Gasteiger partial charge < -0.3 is 14.8 Å². The van der Waals surface area contributed by atoms with Crippen LogP contribution in [0.4, 0.5) is 5.69 Å². The minimum absolute atomic E-state index is 0.0462. The number of amides is 1. The SMILES string of the molecule is Cc1nn(Cc2ccc(C(=O)NCC3(c4ccc5c(c4)OCCO5)CCCC3)cc2)c(C)c1[N+](=O)[O-]. The second-order valence-corrected chi connectivity index (χ2v) is 9.66. The lowest BCUT2D eigenvalue weighted by Gasteiger charge is -2.31. The third kappa shape index (κ3) is 4.53. The number of carbonyl (C=O) groups is 1. The van der Waals surface area contributed by atoms with Gasteiger partial charge >= 0.3 is 5.69 Å². The number of nitrogens with one attached hydrogen (secondary N) is 1. The van der Waals surface area contributed by atoms with E-state index < -0.39 is 4.92 Å². The number of benzene rings is 2. The summed E-state index contributed by atoms with van der Waals surface area (Å²) in [5, 5.41) is 18.7. The molecule has 0 atom stereocenters. The van der Waals surface area contributed by atoms with Crippen LogP contribution in [0, 0.1) is 24.0 Å². The van der Waals surface area contributed by atoms with Gasteiger partial charge in [-0.1, -0.05) is 31.0 Å². The summed E-state index contributed by atoms with van der Waals surface area (Å²) in [5.74, 6) is 1.43. The van der Waals surface area contributed by atoms with Crippen molar-refractivity contribution in [3.63, 3.8) is 0 Å². The quantitative estimate of drug-likeness (QED) is 0.387. The Hall–Kier alpha value is -3.88. The number of nitrogens with zero attached hydrogens (tertiary/aromatic N) is 3. The Labute approximate surface area is 209 Å². The van der Waals surface area contributed by atoms with Crippen molar-refractivity contribution in [1.82, 2.24) is 15.1 Å². The van der Waals surface area contributed by atoms with Crippen LogP contribution < -0.4 is 14.8 Å². The minimum atomic E-state index is -0.399. The van der Waals surface area contributed by atoms with Crippen LogP contribution in [-0.2, 0) is 12.0 Å². The molecule has 1 aromatic heterocycles. The van der Waals surface area contributed by atoms with Crippen molar-refractivity contribution in [2.75, 3.05) is 19.8 Å². The van der Waals surface area contributed by atoms with E-state index >= 15 is 0 Å². The van der Waals surface area contributed by atoms with E-state index in [2.05, 4.69) is 22.5 Å². The first-order chi connectivity index (χ1) is 17.4. The maximum absolute atomic E-state index is 13.0. The van der Waals surface area contributed by atoms with Gasteiger partial charge in [-0.15, -0.1) is 0 Å². The zero-order valence-corrected chi connectivity index (χ0v) is 20.6. The summed E-state index contributed by atoms with van der Waals surface area (Å²) in [6.07, 6.45) is 4.29. The fraction of sp³-hybridized carbons (Fsp3) is 0.407. The molecule has 0 bridgehead atoms. The molecule has 0 spiro atoms. The zero-order valence-electron chi connectivity index (χ0n) is 20.6. The number of carbonyl (C=O) groups excluding carboxylic acids is 1. The molecule has 1 N–H and O–H groups in total. The Morgan fingerprint density at radius 2 is 1.78 bits per heavy atom. The minimum Gasteiger partial charge on any atom is -0.486 e. The highest BCUT2D eigenvalue weighted by Crippen LogP contribution is 2.43. The lowest BCUT2D eigenvalue weighted by molar-refractivity contribution is -0.386. The van der Waals surface area contributed by atoms with Crippen molar-refractivity contribution in [1.29, 1.82) is 0 Å². The summed E-state index contributed by atoms with van der Waals surface area (Å²) < 4.78 is 13.1. The van der Waals surface area contributed by atoms with Crippen molar-refractivity contribution in [3.8, 4) is 11.5 Å². The fourth-order valence-corrected chi connectivity index (χ4v) is 5.38. The van der Waals surface area contributed by atoms with E-state index in [9.17, 15) is 14.9 Å². The van der Waals surface area contributed by atoms with Gasteiger partial charge in [-0.25, -0.2) is 0 Å². The molecular formula is C27H30N4O5. The van der Waals surface area contributed by atoms with Gasteiger partial charge in [0.05, 0.1) is 11.5 Å². The number of rotatable bonds is 7. The van der Waals surface area contributed by atoms with E-state index in [1.165, 1.54) is 5.56 Å². The number of aryl methyl sites for hydroxylation is 1. The van der Waals surface area contributed by atoms with Gasteiger partial charge in [-0.3, -0.25) is 19.6 Å². The predicted octanol–water partition coefficient (Wildman–Crippen LogP) is 4.47. The second-order valence-electron chi connectivity index (χ2n) is 9.66. The number of hydrogen-bond acceptors (Lipinski definition) is 6. The molecule has 1 aliphatic heterocycles. The van der Waals surface area contributed by atoms with E-state index in [0.29, 0.717) is 43.3 Å². The molecule has 1 amide bonds. The fourth-order valence-electron chi connectivity index (χ4n) is 5.38. The molecule has 2 heterocycles. The summed E-state index contributed by atoms with van der Waals surface area (Å²) in [7, 11) is 0. The van der Waals surface area contributed by atoms with Crippen LogP contribution in [0.25, 0.3) is 0 Å². The van der Waals surface area contributed by atoms with Crippen LogP contribution >= 0.6 is 0 Å². The van der Waals surface area contributed by atoms with E-state index in [1.54, 1.807) is 30.7 Å². The first-order valence-electron chi connectivity index (χ1n) is 12.3. The third-order valence-corrected chi connectivity index (χ3v) is 7.38. The van der Waals surface area contributed by atoms with Crippen molar-refractivity contribution < 1.29 is 19.2 Å². The van der Waals surface area contributed by atoms with Gasteiger partial charge in [0, 0.05) is 17.5 Å². The summed E-state index contributed by atoms with van der Waals surface area (Å²) in [4.78, 5) is 23.9. The van der Waals surface area contributed by atoms with Gasteiger partial charge in [0.25, 0.3) is 5.91 Å². The number of fused-ring (bicyclic) bond motifs is 1. The largest absolute Gasteiger partial charge is 0.486 e. The van der Waals surface area contributed by atoms with Crippen LogP contribution in [0.5, 0.6) is 11.5 Å². The maximum Gasteiger partial charge on any atom is 0.312 e. The van der Waals surface area contributed by atoms with E-state index in [1.807, 2.05) is 18.2 Å². The third-order valence-electron chi connectivity index (χ3n) is 7.38. The topological polar surface area (TPSA) is 109 Å². The molecule has 2 aromatic carbocycles. The Kier molecular flexibility index (Phi) is 6.38. The molecule has 2 aliphatic rings. The molecule has 3 aromatic rings. The highest BCUT2D eigenvalue weighted by atomic mass is 16.6. The molecule has 1 aliphatic carbocycles. The Morgan fingerprint density at radius 3 is 2.44 bits per heavy atom. The standard InChI is InChI=1S/C27H30N4O5/c1-18-25(31(33)34)19(2)30(29-18)16-20-5-7-21(8-6-20)26(32)28-17-27(11-3-4-12-27)22-9-10-23-24(15-22)36-14-13-35-23/h5-10,15H,3-4,11-14,16-17H2,1-2H3,(H,28,32). The van der Waals surface area contributed by atoms with Crippen LogP contribution in [0.2, 0.25) is 0 Å². The molecule has 0 saturated heterocycles. The van der Waals surface area contributed by atoms with E-state index in [-0.39, 0.29) is 17.0 Å². The summed E-state index contributed by atoms with van der Waals surface area (Å²) in [6.45, 7) is 5.40. The molecule has 0 unspecified atom stereocenters. The highest BCUT2D eigenvalue weighted by molar-refractivity contribution is 5.94. The van der Waals surface area contributed by atoms with Crippen LogP contribution in [0.15, 0.2) is 42.5 Å². The molecule has 1 saturated carbocycles. The first kappa shape index (κ1) is 23.8. The smallest absolute Gasteiger partial charge is 0.312 e. The zero-order chi connectivity index (χ0) is 25.3. The molecule has 188 valence electrons. The molecule has 9 nitrogen and oxygen atoms in total. The summed E-state index contributed by atoms with van der Waals surface area (Å²) >= 11 is 0. The van der Waals surface area contributed by atoms with Crippen molar-refractivity contribution >= 4 is 11.6 Å². The lowest BCUT2D eigenvalue weighted by atomic mass is 9.78. The van der Waals surface area contributed by atoms with Gasteiger partial charge in [-0.2, -0.15) is 5.10 Å². The molecule has 5 rings (SSSR count). The van der Waals surface area contributed by atoms with Gasteiger partial charge in [0.15, 0.2) is 11.5 Å². The first-order valence-corrected chi connectivity index (χ1v) is 12.3. The Balaban J connectivity index is 1.26. The van der Waals surface area contributed by atoms with Crippen molar-refractivity contribution in [2.24, 2.45) is 0 Å². The lowest BCUT2D eigenvalue weighted by Crippen LogP contribution is -2.39. The molecule has 0 radical (unpaired) electrons. The summed E-state index contributed by atoms with van der Waals surface area (Å²) in [5.41, 5.74) is 3.51. The highest BCUT2D eigenvalue weighted by Gasteiger charge is 2.37. The monoisotopic (exact) mass is 490 g/mol. The van der Waals surface area contributed by atoms with Crippen molar-refractivity contribution in [3.05, 3.63) is 80.7 Å². The Bertz CT molecular complexity index is 1290. The number of nitro groups is 1. The van der Waals surface area contributed by atoms with E-state index in [4.69, 9.17) is 9.47 Å². The normalized spacial score (nSPS) is 16.1. The summed E-state index contributed by atoms with van der Waals surface area (Å²) in [6, 6.07) is 13.5. The number of aromatic nitrogens is 2.